The van der Waals surface area contributed by atoms with Gasteiger partial charge in [-0.15, -0.1) is 0 Å². The van der Waals surface area contributed by atoms with Gasteiger partial charge in [0.05, 0.1) is 0 Å². The molecule has 0 fully saturated rings. The Bertz CT molecular complexity index is 263. The second-order valence-corrected chi connectivity index (χ2v) is 25.2. The summed E-state index contributed by atoms with van der Waals surface area (Å²) in [5.41, 5.74) is -0.632. The van der Waals surface area contributed by atoms with Crippen molar-refractivity contribution in [2.24, 2.45) is 0 Å². The smallest absolute Gasteiger partial charge is 0.415 e. The molecule has 0 aliphatic heterocycles. The van der Waals surface area contributed by atoms with E-state index in [1.54, 1.807) is 0 Å². The van der Waals surface area contributed by atoms with Crippen LogP contribution in [0.5, 0.6) is 0 Å². The monoisotopic (exact) mass is 354 g/mol. The average molecular weight is 355 g/mol. The Balaban J connectivity index is 5.63. The van der Waals surface area contributed by atoms with Crippen molar-refractivity contribution >= 4 is 33.8 Å². The van der Waals surface area contributed by atoms with Crippen LogP contribution >= 0.6 is 0 Å². The highest BCUT2D eigenvalue weighted by Crippen LogP contribution is 2.29. The Morgan fingerprint density at radius 3 is 1.10 bits per heavy atom. The number of aliphatic hydroxyl groups excluding tert-OH is 1. The molecule has 0 saturated heterocycles. The van der Waals surface area contributed by atoms with Crippen LogP contribution in [-0.2, 0) is 12.3 Å². The van der Waals surface area contributed by atoms with Crippen molar-refractivity contribution in [1.82, 2.24) is 0 Å². The van der Waals surface area contributed by atoms with Gasteiger partial charge < -0.3 is 17.5 Å². The van der Waals surface area contributed by atoms with E-state index < -0.39 is 39.5 Å². The van der Waals surface area contributed by atoms with E-state index in [0.29, 0.717) is 6.42 Å². The highest BCUT2D eigenvalue weighted by Gasteiger charge is 2.55. The molecule has 0 spiro atoms. The first-order valence-corrected chi connectivity index (χ1v) is 19.4. The third-order valence-corrected chi connectivity index (χ3v) is 14.1. The number of hydrogen-bond acceptors (Lipinski definition) is 4. The van der Waals surface area contributed by atoms with Crippen LogP contribution in [-0.4, -0.2) is 44.6 Å². The van der Waals surface area contributed by atoms with E-state index in [4.69, 9.17) is 12.3 Å². The van der Waals surface area contributed by atoms with Crippen molar-refractivity contribution in [1.29, 1.82) is 0 Å². The fourth-order valence-electron chi connectivity index (χ4n) is 1.80. The number of aliphatic hydroxyl groups is 1. The van der Waals surface area contributed by atoms with Gasteiger partial charge in [0.15, 0.2) is 25.0 Å². The largest absolute Gasteiger partial charge is 0.499 e. The SMILES string of the molecule is CCC(O)[Si](O[Si](C)(C)C)(O[Si](C)(C)C)O[Si](C)(C)C. The fraction of sp³-hybridized carbons (Fsp3) is 1.00. The minimum atomic E-state index is -3.06. The third kappa shape index (κ3) is 8.22. The molecule has 1 atom stereocenters. The molecule has 0 radical (unpaired) electrons. The van der Waals surface area contributed by atoms with Crippen molar-refractivity contribution in [3.63, 3.8) is 0 Å². The molecule has 0 saturated carbocycles. The molecule has 0 aliphatic rings. The van der Waals surface area contributed by atoms with Crippen molar-refractivity contribution in [2.75, 3.05) is 0 Å². The molecule has 0 aromatic heterocycles. The Morgan fingerprint density at radius 1 is 0.700 bits per heavy atom. The number of rotatable bonds is 8. The molecule has 1 unspecified atom stereocenters. The Labute approximate surface area is 129 Å². The van der Waals surface area contributed by atoms with E-state index in [2.05, 4.69) is 58.9 Å². The van der Waals surface area contributed by atoms with Crippen LogP contribution in [0.3, 0.4) is 0 Å². The molecule has 1 N–H and O–H groups in total. The van der Waals surface area contributed by atoms with Gasteiger partial charge in [-0.2, -0.15) is 0 Å². The molecule has 0 aromatic rings. The van der Waals surface area contributed by atoms with Gasteiger partial charge in [0, 0.05) is 0 Å². The normalized spacial score (nSPS) is 16.4. The molecule has 0 aliphatic carbocycles. The maximum absolute atomic E-state index is 10.6. The van der Waals surface area contributed by atoms with E-state index in [9.17, 15) is 5.11 Å². The first-order valence-electron chi connectivity index (χ1n) is 7.39. The second kappa shape index (κ2) is 6.86. The second-order valence-electron chi connectivity index (χ2n) is 8.17. The summed E-state index contributed by atoms with van der Waals surface area (Å²) in [5, 5.41) is 10.6. The highest BCUT2D eigenvalue weighted by atomic mass is 28.5. The minimum Gasteiger partial charge on any atom is -0.415 e. The van der Waals surface area contributed by atoms with Crippen LogP contribution in [0.2, 0.25) is 58.9 Å². The van der Waals surface area contributed by atoms with Crippen LogP contribution in [0.4, 0.5) is 0 Å². The van der Waals surface area contributed by atoms with Gasteiger partial charge in [-0.1, -0.05) is 6.92 Å². The van der Waals surface area contributed by atoms with Crippen LogP contribution in [0.1, 0.15) is 13.3 Å². The zero-order valence-electron chi connectivity index (χ0n) is 15.0. The summed E-state index contributed by atoms with van der Waals surface area (Å²) in [5.74, 6) is 0. The molecule has 0 bridgehead atoms. The van der Waals surface area contributed by atoms with Crippen LogP contribution in [0.25, 0.3) is 0 Å². The zero-order valence-corrected chi connectivity index (χ0v) is 19.0. The summed E-state index contributed by atoms with van der Waals surface area (Å²) in [4.78, 5) is 0. The zero-order chi connectivity index (χ0) is 16.4. The summed E-state index contributed by atoms with van der Waals surface area (Å²) in [6.45, 7) is 21.1. The van der Waals surface area contributed by atoms with E-state index in [1.165, 1.54) is 0 Å². The van der Waals surface area contributed by atoms with Gasteiger partial charge in [0.1, 0.15) is 5.73 Å². The van der Waals surface area contributed by atoms with Crippen LogP contribution in [0, 0.1) is 0 Å². The predicted octanol–water partition coefficient (Wildman–Crippen LogP) is 3.79. The first kappa shape index (κ1) is 20.7. The average Bonchev–Trinajstić information content (AvgIpc) is 2.07. The van der Waals surface area contributed by atoms with Crippen LogP contribution in [0.15, 0.2) is 0 Å². The maximum Gasteiger partial charge on any atom is 0.499 e. The van der Waals surface area contributed by atoms with E-state index >= 15 is 0 Å². The van der Waals surface area contributed by atoms with Crippen molar-refractivity contribution in [2.45, 2.75) is 78.0 Å². The summed E-state index contributed by atoms with van der Waals surface area (Å²) in [7, 11) is -8.69. The molecule has 20 heavy (non-hydrogen) atoms. The minimum absolute atomic E-state index is 0.603. The quantitative estimate of drug-likeness (QED) is 0.674. The van der Waals surface area contributed by atoms with E-state index in [0.717, 1.165) is 0 Å². The molecular weight excluding hydrogens is 320 g/mol. The number of hydrogen-bond donors (Lipinski definition) is 1. The molecule has 4 nitrogen and oxygen atoms in total. The van der Waals surface area contributed by atoms with Gasteiger partial charge in [-0.25, -0.2) is 0 Å². The van der Waals surface area contributed by atoms with Crippen molar-refractivity contribution in [3.05, 3.63) is 0 Å². The topological polar surface area (TPSA) is 47.9 Å². The highest BCUT2D eigenvalue weighted by molar-refractivity contribution is 6.90. The fourth-order valence-corrected chi connectivity index (χ4v) is 15.8. The van der Waals surface area contributed by atoms with Gasteiger partial charge in [0.25, 0.3) is 0 Å². The molecule has 0 amide bonds. The lowest BCUT2D eigenvalue weighted by atomic mass is 10.5. The lowest BCUT2D eigenvalue weighted by molar-refractivity contribution is 0.129. The predicted molar refractivity (Wildman–Crippen MR) is 95.3 cm³/mol. The molecule has 8 heteroatoms. The lowest BCUT2D eigenvalue weighted by Crippen LogP contribution is -2.66. The van der Waals surface area contributed by atoms with Crippen molar-refractivity contribution in [3.8, 4) is 0 Å². The Morgan fingerprint density at radius 2 is 0.950 bits per heavy atom. The van der Waals surface area contributed by atoms with Gasteiger partial charge in [0.2, 0.25) is 0 Å². The summed E-state index contributed by atoms with van der Waals surface area (Å²) in [6, 6.07) is 0. The lowest BCUT2D eigenvalue weighted by Gasteiger charge is -2.44. The van der Waals surface area contributed by atoms with E-state index in [1.807, 2.05) is 6.92 Å². The standard InChI is InChI=1S/C12H34O4Si4/c1-11-12(13)20(14-17(2,3)4,15-18(5,6)7)16-19(8,9)10/h12-13H,11H2,1-10H3. The van der Waals surface area contributed by atoms with Gasteiger partial charge in [-0.05, 0) is 65.3 Å². The molecular formula is C12H34O4Si4. The first-order chi connectivity index (χ1) is 8.60. The Kier molecular flexibility index (Phi) is 7.10. The third-order valence-electron chi connectivity index (χ3n) is 2.14. The van der Waals surface area contributed by atoms with Gasteiger partial charge in [-0.3, -0.25) is 0 Å². The summed E-state index contributed by atoms with van der Waals surface area (Å²) >= 11 is 0. The van der Waals surface area contributed by atoms with Crippen molar-refractivity contribution < 1.29 is 17.5 Å². The van der Waals surface area contributed by atoms with Crippen LogP contribution < -0.4 is 0 Å². The molecule has 0 heterocycles. The molecule has 0 aromatic carbocycles. The van der Waals surface area contributed by atoms with Gasteiger partial charge >= 0.3 is 8.80 Å². The Hall–Kier alpha value is 0.708. The molecule has 0 rings (SSSR count). The van der Waals surface area contributed by atoms with E-state index in [-0.39, 0.29) is 0 Å². The molecule has 122 valence electrons. The summed E-state index contributed by atoms with van der Waals surface area (Å²) < 4.78 is 19.1. The summed E-state index contributed by atoms with van der Waals surface area (Å²) in [6.07, 6.45) is 0.603. The maximum atomic E-state index is 10.6.